The normalized spacial score (nSPS) is 19.1. The first kappa shape index (κ1) is 12.1. The molecule has 1 atom stereocenters. The number of carbonyl (C=O) groups is 2. The second-order valence-electron chi connectivity index (χ2n) is 4.03. The van der Waals surface area contributed by atoms with Gasteiger partial charge in [0.25, 0.3) is 5.91 Å². The summed E-state index contributed by atoms with van der Waals surface area (Å²) < 4.78 is 0. The van der Waals surface area contributed by atoms with Crippen LogP contribution in [0.3, 0.4) is 0 Å². The molecular formula is C10H12N4O4. The quantitative estimate of drug-likeness (QED) is 0.515. The first-order chi connectivity index (χ1) is 8.56. The number of rotatable bonds is 3. The zero-order valence-electron chi connectivity index (χ0n) is 9.43. The largest absolute Gasteiger partial charge is 0.358 e. The number of nitrogens with zero attached hydrogens (tertiary/aromatic N) is 1. The van der Waals surface area contributed by atoms with Crippen LogP contribution < -0.4 is 10.6 Å². The summed E-state index contributed by atoms with van der Waals surface area (Å²) in [6.07, 6.45) is 0.941. The number of amides is 2. The van der Waals surface area contributed by atoms with Crippen LogP contribution in [-0.4, -0.2) is 34.3 Å². The van der Waals surface area contributed by atoms with E-state index in [0.29, 0.717) is 19.4 Å². The highest BCUT2D eigenvalue weighted by Gasteiger charge is 2.22. The minimum atomic E-state index is -0.600. The van der Waals surface area contributed by atoms with E-state index in [2.05, 4.69) is 15.6 Å². The molecule has 1 saturated heterocycles. The topological polar surface area (TPSA) is 117 Å². The highest BCUT2D eigenvalue weighted by atomic mass is 16.6. The number of aromatic amines is 1. The standard InChI is InChI=1S/C10H12N4O4/c15-9-4-1-6(5-11-9)12-10(16)7-2-3-8(13-7)14(17)18/h2-3,6,13H,1,4-5H2,(H,11,15)(H,12,16). The molecule has 0 saturated carbocycles. The molecule has 0 aliphatic carbocycles. The molecule has 3 N–H and O–H groups in total. The molecule has 0 bridgehead atoms. The van der Waals surface area contributed by atoms with Crippen molar-refractivity contribution in [2.45, 2.75) is 18.9 Å². The van der Waals surface area contributed by atoms with Gasteiger partial charge in [0, 0.05) is 25.1 Å². The molecule has 2 heterocycles. The maximum Gasteiger partial charge on any atom is 0.321 e. The SMILES string of the molecule is O=C1CCC(NC(=O)c2ccc([N+](=O)[O-])[nH]2)CN1. The molecule has 1 aliphatic heterocycles. The Morgan fingerprint density at radius 1 is 1.50 bits per heavy atom. The van der Waals surface area contributed by atoms with E-state index in [-0.39, 0.29) is 23.5 Å². The van der Waals surface area contributed by atoms with Crippen LogP contribution >= 0.6 is 0 Å². The summed E-state index contributed by atoms with van der Waals surface area (Å²) in [5.41, 5.74) is 0.138. The van der Waals surface area contributed by atoms with Gasteiger partial charge in [0.1, 0.15) is 0 Å². The first-order valence-electron chi connectivity index (χ1n) is 5.47. The Morgan fingerprint density at radius 3 is 2.83 bits per heavy atom. The van der Waals surface area contributed by atoms with E-state index in [1.165, 1.54) is 12.1 Å². The molecule has 1 aliphatic rings. The molecule has 1 fully saturated rings. The molecule has 1 aromatic rings. The van der Waals surface area contributed by atoms with Gasteiger partial charge in [0.15, 0.2) is 5.69 Å². The fourth-order valence-electron chi connectivity index (χ4n) is 1.74. The fourth-order valence-corrected chi connectivity index (χ4v) is 1.74. The lowest BCUT2D eigenvalue weighted by Gasteiger charge is -2.22. The van der Waals surface area contributed by atoms with Crippen LogP contribution in [0.25, 0.3) is 0 Å². The molecular weight excluding hydrogens is 240 g/mol. The average Bonchev–Trinajstić information content (AvgIpc) is 2.81. The minimum absolute atomic E-state index is 0.0315. The van der Waals surface area contributed by atoms with Crippen LogP contribution in [0.1, 0.15) is 23.3 Å². The predicted molar refractivity (Wildman–Crippen MR) is 60.9 cm³/mol. The van der Waals surface area contributed by atoms with Crippen molar-refractivity contribution in [2.24, 2.45) is 0 Å². The number of hydrogen-bond donors (Lipinski definition) is 3. The molecule has 0 spiro atoms. The summed E-state index contributed by atoms with van der Waals surface area (Å²) in [7, 11) is 0. The smallest absolute Gasteiger partial charge is 0.321 e. The third-order valence-corrected chi connectivity index (χ3v) is 2.71. The molecule has 0 radical (unpaired) electrons. The number of aromatic nitrogens is 1. The lowest BCUT2D eigenvalue weighted by Crippen LogP contribution is -2.47. The van der Waals surface area contributed by atoms with Crippen LogP contribution in [0.2, 0.25) is 0 Å². The summed E-state index contributed by atoms with van der Waals surface area (Å²) in [6.45, 7) is 0.382. The van der Waals surface area contributed by atoms with Crippen LogP contribution in [-0.2, 0) is 4.79 Å². The first-order valence-corrected chi connectivity index (χ1v) is 5.47. The predicted octanol–water partition coefficient (Wildman–Crippen LogP) is -0.0687. The van der Waals surface area contributed by atoms with Crippen LogP contribution in [0.4, 0.5) is 5.82 Å². The Kier molecular flexibility index (Phi) is 3.26. The Bertz CT molecular complexity index is 486. The molecule has 8 heteroatoms. The molecule has 2 rings (SSSR count). The second kappa shape index (κ2) is 4.86. The summed E-state index contributed by atoms with van der Waals surface area (Å²) in [6, 6.07) is 2.45. The van der Waals surface area contributed by atoms with E-state index in [9.17, 15) is 19.7 Å². The van der Waals surface area contributed by atoms with Gasteiger partial charge in [-0.05, 0) is 17.4 Å². The van der Waals surface area contributed by atoms with Crippen molar-refractivity contribution in [3.05, 3.63) is 27.9 Å². The zero-order valence-corrected chi connectivity index (χ0v) is 9.43. The number of hydrogen-bond acceptors (Lipinski definition) is 4. The molecule has 0 aromatic carbocycles. The Hall–Kier alpha value is -2.38. The zero-order chi connectivity index (χ0) is 13.1. The summed E-state index contributed by atoms with van der Waals surface area (Å²) in [5, 5.41) is 15.8. The number of piperidine rings is 1. The minimum Gasteiger partial charge on any atom is -0.358 e. The molecule has 2 amide bonds. The van der Waals surface area contributed by atoms with Gasteiger partial charge in [-0.3, -0.25) is 9.59 Å². The number of H-pyrrole nitrogens is 1. The van der Waals surface area contributed by atoms with Crippen LogP contribution in [0, 0.1) is 10.1 Å². The second-order valence-corrected chi connectivity index (χ2v) is 4.03. The Balaban J connectivity index is 1.94. The highest BCUT2D eigenvalue weighted by Crippen LogP contribution is 2.10. The number of nitrogens with one attached hydrogen (secondary N) is 3. The average molecular weight is 252 g/mol. The lowest BCUT2D eigenvalue weighted by atomic mass is 10.1. The van der Waals surface area contributed by atoms with Crippen molar-refractivity contribution in [1.29, 1.82) is 0 Å². The molecule has 1 aromatic heterocycles. The van der Waals surface area contributed by atoms with E-state index in [1.807, 2.05) is 0 Å². The van der Waals surface area contributed by atoms with E-state index >= 15 is 0 Å². The van der Waals surface area contributed by atoms with Crippen LogP contribution in [0.5, 0.6) is 0 Å². The third-order valence-electron chi connectivity index (χ3n) is 2.71. The van der Waals surface area contributed by atoms with E-state index < -0.39 is 10.8 Å². The molecule has 8 nitrogen and oxygen atoms in total. The molecule has 1 unspecified atom stereocenters. The van der Waals surface area contributed by atoms with Gasteiger partial charge in [0.05, 0.1) is 0 Å². The van der Waals surface area contributed by atoms with Crippen LogP contribution in [0.15, 0.2) is 12.1 Å². The fraction of sp³-hybridized carbons (Fsp3) is 0.400. The molecule has 18 heavy (non-hydrogen) atoms. The van der Waals surface area contributed by atoms with E-state index in [4.69, 9.17) is 0 Å². The van der Waals surface area contributed by atoms with Crippen molar-refractivity contribution >= 4 is 17.6 Å². The summed E-state index contributed by atoms with van der Waals surface area (Å²) >= 11 is 0. The summed E-state index contributed by atoms with van der Waals surface area (Å²) in [5.74, 6) is -0.669. The van der Waals surface area contributed by atoms with Gasteiger partial charge >= 0.3 is 5.82 Å². The highest BCUT2D eigenvalue weighted by molar-refractivity contribution is 5.93. The van der Waals surface area contributed by atoms with Crippen molar-refractivity contribution in [3.8, 4) is 0 Å². The third kappa shape index (κ3) is 2.65. The summed E-state index contributed by atoms with van der Waals surface area (Å²) in [4.78, 5) is 35.0. The van der Waals surface area contributed by atoms with E-state index in [0.717, 1.165) is 0 Å². The van der Waals surface area contributed by atoms with Crippen molar-refractivity contribution < 1.29 is 14.5 Å². The van der Waals surface area contributed by atoms with Gasteiger partial charge in [-0.1, -0.05) is 0 Å². The van der Waals surface area contributed by atoms with Crippen molar-refractivity contribution in [3.63, 3.8) is 0 Å². The molecule has 96 valence electrons. The van der Waals surface area contributed by atoms with Gasteiger partial charge in [-0.15, -0.1) is 0 Å². The monoisotopic (exact) mass is 252 g/mol. The van der Waals surface area contributed by atoms with Gasteiger partial charge in [-0.25, -0.2) is 4.98 Å². The van der Waals surface area contributed by atoms with Gasteiger partial charge < -0.3 is 20.7 Å². The van der Waals surface area contributed by atoms with Gasteiger partial charge in [-0.2, -0.15) is 0 Å². The number of nitro groups is 1. The van der Waals surface area contributed by atoms with E-state index in [1.54, 1.807) is 0 Å². The maximum atomic E-state index is 11.8. The lowest BCUT2D eigenvalue weighted by molar-refractivity contribution is -0.389. The number of carbonyl (C=O) groups excluding carboxylic acids is 2. The van der Waals surface area contributed by atoms with Crippen molar-refractivity contribution in [1.82, 2.24) is 15.6 Å². The van der Waals surface area contributed by atoms with Crippen molar-refractivity contribution in [2.75, 3.05) is 6.54 Å². The van der Waals surface area contributed by atoms with Gasteiger partial charge in [0.2, 0.25) is 5.91 Å². The maximum absolute atomic E-state index is 11.8. The Labute approximate surface area is 102 Å². The Morgan fingerprint density at radius 2 is 2.28 bits per heavy atom.